The number of rotatable bonds is 4. The van der Waals surface area contributed by atoms with Gasteiger partial charge in [0.1, 0.15) is 0 Å². The summed E-state index contributed by atoms with van der Waals surface area (Å²) in [7, 11) is -3.83. The van der Waals surface area contributed by atoms with Crippen molar-refractivity contribution in [1.29, 1.82) is 0 Å². The van der Waals surface area contributed by atoms with Crippen molar-refractivity contribution in [3.63, 3.8) is 0 Å². The standard InChI is InChI=1S/C11H14N2O6S/c14-10-5-12(6-11(10)15)20(18,19)7-8-3-1-2-4-9(8)13(16)17/h1-4,10-11,14-15H,5-7H2. The minimum absolute atomic E-state index is 0.0772. The van der Waals surface area contributed by atoms with Crippen LogP contribution in [0.5, 0.6) is 0 Å². The number of β-amino-alcohol motifs (C(OH)–C–C–N with tert-alkyl or cyclic N) is 2. The second-order valence-corrected chi connectivity index (χ2v) is 6.56. The number of hydrogen-bond acceptors (Lipinski definition) is 6. The van der Waals surface area contributed by atoms with Crippen LogP contribution in [-0.2, 0) is 15.8 Å². The van der Waals surface area contributed by atoms with Gasteiger partial charge < -0.3 is 10.2 Å². The molecule has 1 fully saturated rings. The van der Waals surface area contributed by atoms with Crippen molar-refractivity contribution in [2.45, 2.75) is 18.0 Å². The molecule has 20 heavy (non-hydrogen) atoms. The highest BCUT2D eigenvalue weighted by atomic mass is 32.2. The first-order valence-electron chi connectivity index (χ1n) is 5.87. The van der Waals surface area contributed by atoms with Crippen LogP contribution in [0.3, 0.4) is 0 Å². The topological polar surface area (TPSA) is 121 Å². The highest BCUT2D eigenvalue weighted by molar-refractivity contribution is 7.88. The van der Waals surface area contributed by atoms with Crippen molar-refractivity contribution in [3.05, 3.63) is 39.9 Å². The lowest BCUT2D eigenvalue weighted by molar-refractivity contribution is -0.385. The molecular formula is C11H14N2O6S. The lowest BCUT2D eigenvalue weighted by Gasteiger charge is -2.15. The van der Waals surface area contributed by atoms with E-state index in [1.165, 1.54) is 24.3 Å². The molecule has 110 valence electrons. The van der Waals surface area contributed by atoms with Crippen LogP contribution in [0.25, 0.3) is 0 Å². The number of nitro benzene ring substituents is 1. The predicted octanol–water partition coefficient (Wildman–Crippen LogP) is -0.538. The molecule has 0 spiro atoms. The Labute approximate surface area is 115 Å². The highest BCUT2D eigenvalue weighted by Gasteiger charge is 2.37. The van der Waals surface area contributed by atoms with Crippen LogP contribution in [0.15, 0.2) is 24.3 Å². The second-order valence-electron chi connectivity index (χ2n) is 4.59. The van der Waals surface area contributed by atoms with Gasteiger partial charge in [0.2, 0.25) is 10.0 Å². The molecule has 1 aromatic carbocycles. The van der Waals surface area contributed by atoms with Crippen molar-refractivity contribution >= 4 is 15.7 Å². The maximum absolute atomic E-state index is 12.1. The van der Waals surface area contributed by atoms with Gasteiger partial charge in [0.15, 0.2) is 0 Å². The molecule has 1 aliphatic rings. The number of hydrogen-bond donors (Lipinski definition) is 2. The number of sulfonamides is 1. The molecule has 0 saturated carbocycles. The molecule has 2 atom stereocenters. The van der Waals surface area contributed by atoms with Crippen LogP contribution in [0.2, 0.25) is 0 Å². The molecule has 1 saturated heterocycles. The fourth-order valence-corrected chi connectivity index (χ4v) is 3.64. The molecule has 0 radical (unpaired) electrons. The third kappa shape index (κ3) is 2.96. The minimum Gasteiger partial charge on any atom is -0.389 e. The van der Waals surface area contributed by atoms with Gasteiger partial charge in [0.25, 0.3) is 5.69 Å². The number of para-hydroxylation sites is 1. The Balaban J connectivity index is 2.24. The zero-order valence-electron chi connectivity index (χ0n) is 10.4. The summed E-state index contributed by atoms with van der Waals surface area (Å²) in [5.74, 6) is -0.538. The zero-order valence-corrected chi connectivity index (χ0v) is 11.2. The third-order valence-electron chi connectivity index (χ3n) is 3.15. The normalized spacial score (nSPS) is 23.9. The van der Waals surface area contributed by atoms with Gasteiger partial charge in [0.05, 0.1) is 22.9 Å². The largest absolute Gasteiger partial charge is 0.389 e. The van der Waals surface area contributed by atoms with Gasteiger partial charge in [-0.15, -0.1) is 0 Å². The van der Waals surface area contributed by atoms with Crippen molar-refractivity contribution in [1.82, 2.24) is 4.31 Å². The summed E-state index contributed by atoms with van der Waals surface area (Å²) in [6.45, 7) is -0.408. The van der Waals surface area contributed by atoms with Gasteiger partial charge in [-0.2, -0.15) is 4.31 Å². The molecule has 8 nitrogen and oxygen atoms in total. The summed E-state index contributed by atoms with van der Waals surface area (Å²) in [6.07, 6.45) is -2.26. The molecule has 1 aliphatic heterocycles. The summed E-state index contributed by atoms with van der Waals surface area (Å²) < 4.78 is 25.2. The molecule has 2 N–H and O–H groups in total. The molecule has 0 amide bonds. The van der Waals surface area contributed by atoms with E-state index in [1.807, 2.05) is 0 Å². The Morgan fingerprint density at radius 2 is 1.80 bits per heavy atom. The first kappa shape index (κ1) is 14.9. The summed E-state index contributed by atoms with van der Waals surface area (Å²) in [4.78, 5) is 10.2. The summed E-state index contributed by atoms with van der Waals surface area (Å²) in [6, 6.07) is 5.58. The average Bonchev–Trinajstić information content (AvgIpc) is 2.70. The van der Waals surface area contributed by atoms with Gasteiger partial charge >= 0.3 is 0 Å². The van der Waals surface area contributed by atoms with Crippen molar-refractivity contribution in [3.8, 4) is 0 Å². The van der Waals surface area contributed by atoms with Crippen LogP contribution < -0.4 is 0 Å². The van der Waals surface area contributed by atoms with Crippen LogP contribution in [0, 0.1) is 10.1 Å². The number of aliphatic hydroxyl groups is 2. The Morgan fingerprint density at radius 3 is 2.35 bits per heavy atom. The van der Waals surface area contributed by atoms with Crippen molar-refractivity contribution in [2.75, 3.05) is 13.1 Å². The van der Waals surface area contributed by atoms with Gasteiger partial charge in [-0.05, 0) is 0 Å². The highest BCUT2D eigenvalue weighted by Crippen LogP contribution is 2.23. The first-order chi connectivity index (χ1) is 9.31. The van der Waals surface area contributed by atoms with Crippen LogP contribution >= 0.6 is 0 Å². The average molecular weight is 302 g/mol. The molecule has 9 heteroatoms. The quantitative estimate of drug-likeness (QED) is 0.569. The third-order valence-corrected chi connectivity index (χ3v) is 4.91. The Bertz CT molecular complexity index is 607. The van der Waals surface area contributed by atoms with E-state index in [9.17, 15) is 28.7 Å². The second kappa shape index (κ2) is 5.44. The molecule has 1 aromatic rings. The zero-order chi connectivity index (χ0) is 14.9. The lowest BCUT2D eigenvalue weighted by Crippen LogP contribution is -2.31. The summed E-state index contributed by atoms with van der Waals surface area (Å²) >= 11 is 0. The molecule has 1 heterocycles. The molecule has 0 bridgehead atoms. The number of nitrogens with zero attached hydrogens (tertiary/aromatic N) is 2. The van der Waals surface area contributed by atoms with Crippen molar-refractivity contribution < 1.29 is 23.6 Å². The van der Waals surface area contributed by atoms with Gasteiger partial charge in [-0.3, -0.25) is 10.1 Å². The fourth-order valence-electron chi connectivity index (χ4n) is 2.06. The maximum Gasteiger partial charge on any atom is 0.273 e. The van der Waals surface area contributed by atoms with E-state index in [-0.39, 0.29) is 24.3 Å². The van der Waals surface area contributed by atoms with Gasteiger partial charge in [-0.1, -0.05) is 18.2 Å². The Morgan fingerprint density at radius 1 is 1.25 bits per heavy atom. The monoisotopic (exact) mass is 302 g/mol. The van der Waals surface area contributed by atoms with Gasteiger partial charge in [-0.25, -0.2) is 8.42 Å². The number of benzene rings is 1. The van der Waals surface area contributed by atoms with Crippen LogP contribution in [0.1, 0.15) is 5.56 Å². The van der Waals surface area contributed by atoms with Crippen molar-refractivity contribution in [2.24, 2.45) is 0 Å². The van der Waals surface area contributed by atoms with Gasteiger partial charge in [0, 0.05) is 24.7 Å². The SMILES string of the molecule is O=[N+]([O-])c1ccccc1CS(=O)(=O)N1CC(O)C(O)C1. The molecule has 0 aromatic heterocycles. The first-order valence-corrected chi connectivity index (χ1v) is 7.48. The van der Waals surface area contributed by atoms with E-state index < -0.39 is 32.9 Å². The summed E-state index contributed by atoms with van der Waals surface area (Å²) in [5.41, 5.74) is -0.190. The maximum atomic E-state index is 12.1. The van der Waals surface area contributed by atoms with E-state index in [0.717, 1.165) is 4.31 Å². The smallest absolute Gasteiger partial charge is 0.273 e. The minimum atomic E-state index is -3.83. The molecule has 2 rings (SSSR count). The Hall–Kier alpha value is -1.55. The van der Waals surface area contributed by atoms with E-state index in [1.54, 1.807) is 0 Å². The van der Waals surface area contributed by atoms with E-state index in [0.29, 0.717) is 0 Å². The Kier molecular flexibility index (Phi) is 4.04. The number of nitro groups is 1. The van der Waals surface area contributed by atoms with Crippen LogP contribution in [0.4, 0.5) is 5.69 Å². The fraction of sp³-hybridized carbons (Fsp3) is 0.455. The van der Waals surface area contributed by atoms with Crippen LogP contribution in [-0.4, -0.2) is 53.2 Å². The molecular weight excluding hydrogens is 288 g/mol. The van der Waals surface area contributed by atoms with E-state index >= 15 is 0 Å². The number of aliphatic hydroxyl groups excluding tert-OH is 2. The molecule has 0 aliphatic carbocycles. The molecule has 2 unspecified atom stereocenters. The predicted molar refractivity (Wildman–Crippen MR) is 69.3 cm³/mol. The lowest BCUT2D eigenvalue weighted by atomic mass is 10.2. The van der Waals surface area contributed by atoms with E-state index in [4.69, 9.17) is 0 Å². The summed E-state index contributed by atoms with van der Waals surface area (Å²) in [5, 5.41) is 29.6. The van der Waals surface area contributed by atoms with E-state index in [2.05, 4.69) is 0 Å².